The monoisotopic (exact) mass is 322 g/mol. The second-order valence-electron chi connectivity index (χ2n) is 3.64. The molecule has 1 heterocycles. The molecule has 2 atom stereocenters. The van der Waals surface area contributed by atoms with E-state index < -0.39 is 0 Å². The first-order valence-corrected chi connectivity index (χ1v) is 7.21. The molecule has 2 unspecified atom stereocenters. The first-order chi connectivity index (χ1) is 6.25. The molecular weight excluding hydrogens is 312 g/mol. The van der Waals surface area contributed by atoms with E-state index in [-0.39, 0.29) is 0 Å². The molecule has 0 saturated heterocycles. The van der Waals surface area contributed by atoms with Gasteiger partial charge in [0, 0.05) is 19.6 Å². The molecule has 0 radical (unpaired) electrons. The van der Waals surface area contributed by atoms with Crippen LogP contribution in [-0.2, 0) is 6.42 Å². The van der Waals surface area contributed by atoms with Gasteiger partial charge in [0.05, 0.1) is 0 Å². The molecule has 1 aliphatic carbocycles. The first kappa shape index (κ1) is 10.2. The number of hydrogen-bond donors (Lipinski definition) is 0. The Balaban J connectivity index is 1.97. The summed E-state index contributed by atoms with van der Waals surface area (Å²) in [5, 5.41) is 2.17. The van der Waals surface area contributed by atoms with E-state index in [2.05, 4.69) is 43.3 Å². The largest absolute Gasteiger partial charge is 0.148 e. The van der Waals surface area contributed by atoms with Crippen molar-refractivity contribution >= 4 is 43.2 Å². The predicted octanol–water partition coefficient (Wildman–Crippen LogP) is 4.62. The van der Waals surface area contributed by atoms with Crippen molar-refractivity contribution in [3.8, 4) is 0 Å². The Morgan fingerprint density at radius 3 is 2.85 bits per heavy atom. The van der Waals surface area contributed by atoms with Crippen LogP contribution in [0.5, 0.6) is 0 Å². The highest BCUT2D eigenvalue weighted by Crippen LogP contribution is 2.35. The van der Waals surface area contributed by atoms with Gasteiger partial charge in [-0.15, -0.1) is 11.3 Å². The molecule has 1 fully saturated rings. The maximum absolute atomic E-state index is 3.76. The Morgan fingerprint density at radius 1 is 1.46 bits per heavy atom. The van der Waals surface area contributed by atoms with Crippen molar-refractivity contribution < 1.29 is 0 Å². The molecule has 1 saturated carbocycles. The van der Waals surface area contributed by atoms with Gasteiger partial charge in [0.2, 0.25) is 0 Å². The molecule has 0 N–H and O–H groups in total. The van der Waals surface area contributed by atoms with Gasteiger partial charge in [0.15, 0.2) is 0 Å². The smallest absolute Gasteiger partial charge is 0.0285 e. The number of thiophene rings is 1. The fourth-order valence-corrected chi connectivity index (χ4v) is 4.26. The highest BCUT2D eigenvalue weighted by Gasteiger charge is 2.25. The van der Waals surface area contributed by atoms with Gasteiger partial charge in [-0.2, -0.15) is 0 Å². The van der Waals surface area contributed by atoms with Crippen LogP contribution in [0, 0.1) is 5.92 Å². The Hall–Kier alpha value is 0.660. The second-order valence-corrected chi connectivity index (χ2v) is 6.73. The van der Waals surface area contributed by atoms with Crippen LogP contribution >= 0.6 is 43.2 Å². The Morgan fingerprint density at radius 2 is 2.31 bits per heavy atom. The SMILES string of the molecule is Brc1csc(CC2CCCC2Br)c1. The van der Waals surface area contributed by atoms with Gasteiger partial charge in [0.1, 0.15) is 0 Å². The lowest BCUT2D eigenvalue weighted by molar-refractivity contribution is 0.567. The van der Waals surface area contributed by atoms with Crippen molar-refractivity contribution in [1.29, 1.82) is 0 Å². The lowest BCUT2D eigenvalue weighted by Crippen LogP contribution is -2.08. The molecule has 3 heteroatoms. The standard InChI is InChI=1S/C10H12Br2S/c11-8-5-9(13-6-8)4-7-2-1-3-10(7)12/h5-7,10H,1-4H2. The van der Waals surface area contributed by atoms with Crippen molar-refractivity contribution in [2.75, 3.05) is 0 Å². The van der Waals surface area contributed by atoms with Crippen molar-refractivity contribution in [3.63, 3.8) is 0 Å². The van der Waals surface area contributed by atoms with Crippen molar-refractivity contribution in [2.45, 2.75) is 30.5 Å². The predicted molar refractivity (Wildman–Crippen MR) is 65.8 cm³/mol. The van der Waals surface area contributed by atoms with Crippen molar-refractivity contribution in [2.24, 2.45) is 5.92 Å². The lowest BCUT2D eigenvalue weighted by Gasteiger charge is -2.11. The van der Waals surface area contributed by atoms with Crippen LogP contribution in [0.4, 0.5) is 0 Å². The van der Waals surface area contributed by atoms with E-state index in [9.17, 15) is 0 Å². The van der Waals surface area contributed by atoms with Crippen molar-refractivity contribution in [3.05, 3.63) is 20.8 Å². The van der Waals surface area contributed by atoms with Gasteiger partial charge in [-0.3, -0.25) is 0 Å². The zero-order valence-electron chi connectivity index (χ0n) is 7.30. The van der Waals surface area contributed by atoms with E-state index >= 15 is 0 Å². The molecule has 72 valence electrons. The third kappa shape index (κ3) is 2.57. The summed E-state index contributed by atoms with van der Waals surface area (Å²) in [6.45, 7) is 0. The third-order valence-corrected chi connectivity index (χ3v) is 5.58. The van der Waals surface area contributed by atoms with Gasteiger partial charge >= 0.3 is 0 Å². The van der Waals surface area contributed by atoms with Gasteiger partial charge in [0.25, 0.3) is 0 Å². The Bertz CT molecular complexity index is 282. The summed E-state index contributed by atoms with van der Waals surface area (Å²) in [5.74, 6) is 0.866. The molecule has 0 amide bonds. The van der Waals surface area contributed by atoms with E-state index in [1.165, 1.54) is 35.0 Å². The minimum atomic E-state index is 0.758. The van der Waals surface area contributed by atoms with Crippen LogP contribution in [0.25, 0.3) is 0 Å². The topological polar surface area (TPSA) is 0 Å². The normalized spacial score (nSPS) is 28.2. The molecule has 0 bridgehead atoms. The lowest BCUT2D eigenvalue weighted by atomic mass is 10.0. The zero-order chi connectivity index (χ0) is 9.26. The van der Waals surface area contributed by atoms with Crippen LogP contribution < -0.4 is 0 Å². The number of alkyl halides is 1. The molecule has 0 aromatic carbocycles. The van der Waals surface area contributed by atoms with Crippen molar-refractivity contribution in [1.82, 2.24) is 0 Å². The first-order valence-electron chi connectivity index (χ1n) is 4.62. The number of rotatable bonds is 2. The molecule has 0 nitrogen and oxygen atoms in total. The summed E-state index contributed by atoms with van der Waals surface area (Å²) in [6, 6.07) is 2.25. The minimum Gasteiger partial charge on any atom is -0.148 e. The van der Waals surface area contributed by atoms with Crippen LogP contribution in [-0.4, -0.2) is 4.83 Å². The zero-order valence-corrected chi connectivity index (χ0v) is 11.3. The second kappa shape index (κ2) is 4.45. The molecule has 13 heavy (non-hydrogen) atoms. The number of halogens is 2. The summed E-state index contributed by atoms with van der Waals surface area (Å²) in [5.41, 5.74) is 0. The summed E-state index contributed by atoms with van der Waals surface area (Å²) in [6.07, 6.45) is 5.40. The third-order valence-electron chi connectivity index (χ3n) is 2.65. The number of hydrogen-bond acceptors (Lipinski definition) is 1. The summed E-state index contributed by atoms with van der Waals surface area (Å²) < 4.78 is 1.23. The Kier molecular flexibility index (Phi) is 3.49. The average Bonchev–Trinajstić information content (AvgIpc) is 2.64. The molecule has 1 aromatic rings. The van der Waals surface area contributed by atoms with Gasteiger partial charge in [-0.25, -0.2) is 0 Å². The fraction of sp³-hybridized carbons (Fsp3) is 0.600. The minimum absolute atomic E-state index is 0.758. The summed E-state index contributed by atoms with van der Waals surface area (Å²) in [7, 11) is 0. The highest BCUT2D eigenvalue weighted by molar-refractivity contribution is 9.10. The van der Waals surface area contributed by atoms with Crippen LogP contribution in [0.2, 0.25) is 0 Å². The maximum Gasteiger partial charge on any atom is 0.0285 e. The van der Waals surface area contributed by atoms with E-state index in [1.807, 2.05) is 11.3 Å². The summed E-state index contributed by atoms with van der Waals surface area (Å²) in [4.78, 5) is 2.27. The van der Waals surface area contributed by atoms with Crippen LogP contribution in [0.1, 0.15) is 24.1 Å². The van der Waals surface area contributed by atoms with E-state index in [0.717, 1.165) is 10.7 Å². The quantitative estimate of drug-likeness (QED) is 0.697. The van der Waals surface area contributed by atoms with Gasteiger partial charge in [-0.1, -0.05) is 22.4 Å². The Labute approximate surface area is 100.0 Å². The molecule has 1 aromatic heterocycles. The molecule has 2 rings (SSSR count). The molecule has 1 aliphatic rings. The van der Waals surface area contributed by atoms with Crippen LogP contribution in [0.3, 0.4) is 0 Å². The molecule has 0 spiro atoms. The maximum atomic E-state index is 3.76. The van der Waals surface area contributed by atoms with Gasteiger partial charge < -0.3 is 0 Å². The molecular formula is C10H12Br2S. The van der Waals surface area contributed by atoms with E-state index in [4.69, 9.17) is 0 Å². The van der Waals surface area contributed by atoms with E-state index in [0.29, 0.717) is 0 Å². The molecule has 0 aliphatic heterocycles. The highest BCUT2D eigenvalue weighted by atomic mass is 79.9. The van der Waals surface area contributed by atoms with Crippen LogP contribution in [0.15, 0.2) is 15.9 Å². The fourth-order valence-electron chi connectivity index (χ4n) is 1.94. The van der Waals surface area contributed by atoms with E-state index in [1.54, 1.807) is 0 Å². The summed E-state index contributed by atoms with van der Waals surface area (Å²) >= 11 is 9.13. The average molecular weight is 324 g/mol. The van der Waals surface area contributed by atoms with Gasteiger partial charge in [-0.05, 0) is 47.2 Å².